The first kappa shape index (κ1) is 23.9. The van der Waals surface area contributed by atoms with Gasteiger partial charge >= 0.3 is 0 Å². The molecule has 34 heavy (non-hydrogen) atoms. The molecule has 0 saturated heterocycles. The normalized spacial score (nSPS) is 11.9. The maximum atomic E-state index is 13.4. The van der Waals surface area contributed by atoms with Crippen LogP contribution in [-0.4, -0.2) is 31.0 Å². The largest absolute Gasteiger partial charge is 0.493 e. The van der Waals surface area contributed by atoms with Gasteiger partial charge in [-0.15, -0.1) is 10.2 Å². The van der Waals surface area contributed by atoms with E-state index in [1.165, 1.54) is 24.3 Å². The molecule has 1 heterocycles. The fraction of sp³-hybridized carbons (Fsp3) is 0.0870. The highest BCUT2D eigenvalue weighted by atomic mass is 79.9. The van der Waals surface area contributed by atoms with Gasteiger partial charge in [0.15, 0.2) is 5.69 Å². The van der Waals surface area contributed by atoms with Gasteiger partial charge in [0.1, 0.15) is 6.54 Å². The number of aromatic hydroxyl groups is 1. The molecule has 0 saturated carbocycles. The number of nitrogens with one attached hydrogen (secondary N) is 1. The number of halogens is 2. The Balaban J connectivity index is 1.68. The number of aryl methyl sites for hydroxylation is 1. The monoisotopic (exact) mass is 560 g/mol. The average molecular weight is 562 g/mol. The second-order valence-corrected chi connectivity index (χ2v) is 10.6. The third kappa shape index (κ3) is 4.98. The number of carbonyl (C=O) groups excluding carboxylic acids is 1. The number of azo groups is 1. The van der Waals surface area contributed by atoms with E-state index in [0.29, 0.717) is 15.9 Å². The molecule has 0 aliphatic heterocycles. The lowest BCUT2D eigenvalue weighted by Gasteiger charge is -2.23. The van der Waals surface area contributed by atoms with Gasteiger partial charge in [0.25, 0.3) is 15.9 Å². The Labute approximate surface area is 209 Å². The average Bonchev–Trinajstić information content (AvgIpc) is 3.10. The molecular weight excluding hydrogens is 544 g/mol. The summed E-state index contributed by atoms with van der Waals surface area (Å²) < 4.78 is 28.5. The van der Waals surface area contributed by atoms with Crippen LogP contribution >= 0.6 is 27.5 Å². The molecule has 0 aliphatic carbocycles. The maximum absolute atomic E-state index is 13.4. The van der Waals surface area contributed by atoms with E-state index in [9.17, 15) is 18.3 Å². The molecule has 3 aromatic carbocycles. The Morgan fingerprint density at radius 1 is 1.12 bits per heavy atom. The molecule has 0 radical (unpaired) electrons. The van der Waals surface area contributed by atoms with Crippen molar-refractivity contribution in [3.8, 4) is 5.88 Å². The van der Waals surface area contributed by atoms with E-state index in [-0.39, 0.29) is 22.2 Å². The summed E-state index contributed by atoms with van der Waals surface area (Å²) in [5.74, 6) is -1.09. The van der Waals surface area contributed by atoms with Crippen LogP contribution in [0, 0.1) is 6.92 Å². The second kappa shape index (κ2) is 9.57. The number of sulfonamides is 1. The van der Waals surface area contributed by atoms with Crippen molar-refractivity contribution in [2.75, 3.05) is 10.8 Å². The summed E-state index contributed by atoms with van der Waals surface area (Å²) in [5, 5.41) is 18.6. The van der Waals surface area contributed by atoms with E-state index < -0.39 is 22.5 Å². The molecule has 2 N–H and O–H groups in total. The van der Waals surface area contributed by atoms with E-state index in [4.69, 9.17) is 11.6 Å². The molecule has 1 aromatic heterocycles. The van der Waals surface area contributed by atoms with Gasteiger partial charge in [0, 0.05) is 14.9 Å². The predicted molar refractivity (Wildman–Crippen MR) is 134 cm³/mol. The van der Waals surface area contributed by atoms with Crippen LogP contribution in [0.1, 0.15) is 5.56 Å². The van der Waals surface area contributed by atoms with E-state index in [1.54, 1.807) is 42.5 Å². The first-order valence-corrected chi connectivity index (χ1v) is 12.6. The van der Waals surface area contributed by atoms with Crippen LogP contribution in [0.25, 0.3) is 10.9 Å². The van der Waals surface area contributed by atoms with Gasteiger partial charge in [-0.2, -0.15) is 0 Å². The molecule has 0 spiro atoms. The van der Waals surface area contributed by atoms with Gasteiger partial charge in [-0.1, -0.05) is 51.3 Å². The third-order valence-corrected chi connectivity index (χ3v) is 7.48. The minimum Gasteiger partial charge on any atom is -0.493 e. The number of benzene rings is 3. The van der Waals surface area contributed by atoms with Crippen LogP contribution < -0.4 is 4.31 Å². The number of amides is 1. The van der Waals surface area contributed by atoms with Crippen LogP contribution in [0.2, 0.25) is 5.02 Å². The molecule has 0 aliphatic rings. The molecule has 4 rings (SSSR count). The Hall–Kier alpha value is -3.21. The summed E-state index contributed by atoms with van der Waals surface area (Å²) in [5.41, 5.74) is 1.77. The lowest BCUT2D eigenvalue weighted by Crippen LogP contribution is -2.35. The number of rotatable bonds is 6. The molecule has 11 heteroatoms. The van der Waals surface area contributed by atoms with Crippen molar-refractivity contribution >= 4 is 65.7 Å². The van der Waals surface area contributed by atoms with Crippen molar-refractivity contribution in [1.29, 1.82) is 0 Å². The van der Waals surface area contributed by atoms with Crippen LogP contribution in [0.5, 0.6) is 5.88 Å². The first-order chi connectivity index (χ1) is 16.1. The molecular formula is C23H18BrClN4O4S. The summed E-state index contributed by atoms with van der Waals surface area (Å²) in [7, 11) is -4.11. The highest BCUT2D eigenvalue weighted by Crippen LogP contribution is 2.37. The fourth-order valence-electron chi connectivity index (χ4n) is 3.28. The van der Waals surface area contributed by atoms with E-state index in [2.05, 4.69) is 31.1 Å². The zero-order valence-electron chi connectivity index (χ0n) is 17.7. The zero-order valence-corrected chi connectivity index (χ0v) is 20.9. The van der Waals surface area contributed by atoms with Crippen molar-refractivity contribution in [3.63, 3.8) is 0 Å². The Kier molecular flexibility index (Phi) is 6.74. The SMILES string of the molecule is Cc1ccc(S(=O)(=O)N(CC(=O)N=Nc2c(O)[nH]c3ccc(Br)cc23)c2cccc(Cl)c2)cc1. The third-order valence-electron chi connectivity index (χ3n) is 4.96. The first-order valence-electron chi connectivity index (χ1n) is 9.95. The van der Waals surface area contributed by atoms with Gasteiger partial charge < -0.3 is 10.1 Å². The number of fused-ring (bicyclic) bond motifs is 1. The highest BCUT2D eigenvalue weighted by molar-refractivity contribution is 9.10. The van der Waals surface area contributed by atoms with Crippen LogP contribution in [-0.2, 0) is 14.8 Å². The van der Waals surface area contributed by atoms with Gasteiger partial charge in [-0.3, -0.25) is 9.10 Å². The number of H-pyrrole nitrogens is 1. The van der Waals surface area contributed by atoms with Gasteiger partial charge in [-0.25, -0.2) is 8.42 Å². The number of nitrogens with zero attached hydrogens (tertiary/aromatic N) is 3. The van der Waals surface area contributed by atoms with E-state index >= 15 is 0 Å². The molecule has 0 unspecified atom stereocenters. The van der Waals surface area contributed by atoms with E-state index in [1.807, 2.05) is 6.92 Å². The topological polar surface area (TPSA) is 115 Å². The number of hydrogen-bond acceptors (Lipinski definition) is 5. The molecule has 174 valence electrons. The predicted octanol–water partition coefficient (Wildman–Crippen LogP) is 6.10. The Morgan fingerprint density at radius 2 is 1.85 bits per heavy atom. The van der Waals surface area contributed by atoms with Crippen molar-refractivity contribution in [2.45, 2.75) is 11.8 Å². The summed E-state index contributed by atoms with van der Waals surface area (Å²) >= 11 is 9.42. The minimum atomic E-state index is -4.11. The van der Waals surface area contributed by atoms with Gasteiger partial charge in [-0.05, 0) is 55.5 Å². The van der Waals surface area contributed by atoms with Crippen molar-refractivity contribution < 1.29 is 18.3 Å². The van der Waals surface area contributed by atoms with Crippen molar-refractivity contribution in [3.05, 3.63) is 81.8 Å². The molecule has 8 nitrogen and oxygen atoms in total. The number of aromatic nitrogens is 1. The van der Waals surface area contributed by atoms with Crippen LogP contribution in [0.15, 0.2) is 86.3 Å². The molecule has 0 atom stereocenters. The molecule has 0 bridgehead atoms. The molecule has 0 fully saturated rings. The maximum Gasteiger partial charge on any atom is 0.285 e. The van der Waals surface area contributed by atoms with Gasteiger partial charge in [0.2, 0.25) is 5.88 Å². The number of carbonyl (C=O) groups is 1. The zero-order chi connectivity index (χ0) is 24.5. The summed E-state index contributed by atoms with van der Waals surface area (Å²) in [6.45, 7) is 1.22. The highest BCUT2D eigenvalue weighted by Gasteiger charge is 2.27. The van der Waals surface area contributed by atoms with Gasteiger partial charge in [0.05, 0.1) is 16.1 Å². The van der Waals surface area contributed by atoms with Crippen LogP contribution in [0.3, 0.4) is 0 Å². The summed E-state index contributed by atoms with van der Waals surface area (Å²) in [6.07, 6.45) is 0. The van der Waals surface area contributed by atoms with Crippen molar-refractivity contribution in [2.24, 2.45) is 10.2 Å². The smallest absolute Gasteiger partial charge is 0.285 e. The number of aromatic amines is 1. The quantitative estimate of drug-likeness (QED) is 0.277. The minimum absolute atomic E-state index is 0.0157. The fourth-order valence-corrected chi connectivity index (χ4v) is 5.23. The van der Waals surface area contributed by atoms with Crippen molar-refractivity contribution in [1.82, 2.24) is 4.98 Å². The van der Waals surface area contributed by atoms with Crippen LogP contribution in [0.4, 0.5) is 11.4 Å². The Morgan fingerprint density at radius 3 is 2.56 bits per heavy atom. The second-order valence-electron chi connectivity index (χ2n) is 7.41. The lowest BCUT2D eigenvalue weighted by atomic mass is 10.2. The Bertz CT molecular complexity index is 1520. The summed E-state index contributed by atoms with van der Waals surface area (Å²) in [4.78, 5) is 15.5. The lowest BCUT2D eigenvalue weighted by molar-refractivity contribution is -0.116. The molecule has 4 aromatic rings. The van der Waals surface area contributed by atoms with E-state index in [0.717, 1.165) is 14.3 Å². The summed E-state index contributed by atoms with van der Waals surface area (Å²) in [6, 6.07) is 17.7. The molecule has 1 amide bonds. The number of anilines is 1. The number of hydrogen-bond donors (Lipinski definition) is 2. The standard InChI is InChI=1S/C23H18BrClN4O4S/c1-14-5-8-18(9-6-14)34(32,33)29(17-4-2-3-16(25)12-17)13-21(30)27-28-22-19-11-15(24)7-10-20(19)26-23(22)31/h2-12,26,31H,13H2,1H3.